The molecule has 2 rings (SSSR count). The Kier molecular flexibility index (Phi) is 2.67. The van der Waals surface area contributed by atoms with Gasteiger partial charge in [0.25, 0.3) is 0 Å². The summed E-state index contributed by atoms with van der Waals surface area (Å²) in [6.45, 7) is 0. The van der Waals surface area contributed by atoms with Crippen molar-refractivity contribution in [3.8, 4) is 0 Å². The van der Waals surface area contributed by atoms with Gasteiger partial charge in [0.1, 0.15) is 5.15 Å². The third-order valence-corrected chi connectivity index (χ3v) is 2.55. The Morgan fingerprint density at radius 3 is 2.53 bits per heavy atom. The predicted octanol–water partition coefficient (Wildman–Crippen LogP) is 3.00. The van der Waals surface area contributed by atoms with Crippen LogP contribution in [0.5, 0.6) is 0 Å². The number of hydrogen-bond donors (Lipinski definition) is 0. The van der Waals surface area contributed by atoms with Gasteiger partial charge in [-0.05, 0) is 23.7 Å². The minimum atomic E-state index is 0.170. The summed E-state index contributed by atoms with van der Waals surface area (Å²) in [5.74, 6) is 0. The molecule has 0 aliphatic rings. The Labute approximate surface area is 97.6 Å². The first kappa shape index (κ1) is 10.5. The van der Waals surface area contributed by atoms with Crippen molar-refractivity contribution in [2.45, 2.75) is 0 Å². The Morgan fingerprint density at radius 2 is 1.87 bits per heavy atom. The van der Waals surface area contributed by atoms with Crippen LogP contribution in [-0.4, -0.2) is 24.1 Å². The van der Waals surface area contributed by atoms with Crippen LogP contribution in [0.3, 0.4) is 0 Å². The van der Waals surface area contributed by atoms with Crippen LogP contribution in [0.1, 0.15) is 0 Å². The topological polar surface area (TPSA) is 29.0 Å². The van der Waals surface area contributed by atoms with E-state index in [0.29, 0.717) is 5.15 Å². The lowest BCUT2D eigenvalue weighted by Gasteiger charge is -2.15. The number of fused-ring (bicyclic) bond motifs is 1. The van der Waals surface area contributed by atoms with E-state index in [1.165, 1.54) is 0 Å². The van der Waals surface area contributed by atoms with Crippen LogP contribution in [0.15, 0.2) is 18.2 Å². The molecule has 0 saturated carbocycles. The molecule has 0 atom stereocenters. The van der Waals surface area contributed by atoms with Gasteiger partial charge in [-0.1, -0.05) is 17.7 Å². The molecule has 0 spiro atoms. The second-order valence-electron chi connectivity index (χ2n) is 3.35. The summed E-state index contributed by atoms with van der Waals surface area (Å²) in [6.07, 6.45) is 0. The van der Waals surface area contributed by atoms with Crippen LogP contribution in [0.4, 0.5) is 5.69 Å². The number of hydrogen-bond acceptors (Lipinski definition) is 3. The van der Waals surface area contributed by atoms with E-state index in [1.807, 2.05) is 37.2 Å². The minimum Gasteiger partial charge on any atom is -0.377 e. The average Bonchev–Trinajstić information content (AvgIpc) is 2.16. The maximum absolute atomic E-state index is 6.05. The fourth-order valence-corrected chi connectivity index (χ4v) is 1.96. The van der Waals surface area contributed by atoms with Gasteiger partial charge < -0.3 is 4.90 Å². The molecule has 0 N–H and O–H groups in total. The molecular weight excluding hydrogens is 233 g/mol. The van der Waals surface area contributed by atoms with E-state index in [4.69, 9.17) is 23.2 Å². The molecule has 0 radical (unpaired) electrons. The summed E-state index contributed by atoms with van der Waals surface area (Å²) in [7, 11) is 3.89. The van der Waals surface area contributed by atoms with Gasteiger partial charge in [0, 0.05) is 19.8 Å². The van der Waals surface area contributed by atoms with Crippen molar-refractivity contribution < 1.29 is 0 Å². The van der Waals surface area contributed by atoms with Gasteiger partial charge in [-0.15, -0.1) is 0 Å². The Balaban J connectivity index is 2.85. The first-order valence-corrected chi connectivity index (χ1v) is 5.14. The van der Waals surface area contributed by atoms with Crippen LogP contribution >= 0.6 is 23.2 Å². The Morgan fingerprint density at radius 1 is 1.13 bits per heavy atom. The highest BCUT2D eigenvalue weighted by Gasteiger charge is 2.10. The zero-order chi connectivity index (χ0) is 11.0. The summed E-state index contributed by atoms with van der Waals surface area (Å²) < 4.78 is 0. The SMILES string of the molecule is CN(C)c1cccc2nc(Cl)nc(Cl)c12. The molecule has 1 aromatic carbocycles. The van der Waals surface area contributed by atoms with Crippen LogP contribution in [0, 0.1) is 0 Å². The number of halogens is 2. The van der Waals surface area contributed by atoms with Crippen LogP contribution in [0.2, 0.25) is 10.4 Å². The molecular formula is C10H9Cl2N3. The quantitative estimate of drug-likeness (QED) is 0.568. The number of benzene rings is 1. The first-order chi connectivity index (χ1) is 7.09. The molecule has 0 amide bonds. The molecule has 78 valence electrons. The minimum absolute atomic E-state index is 0.170. The zero-order valence-corrected chi connectivity index (χ0v) is 9.84. The van der Waals surface area contributed by atoms with Crippen LogP contribution in [0.25, 0.3) is 10.9 Å². The molecule has 1 heterocycles. The summed E-state index contributed by atoms with van der Waals surface area (Å²) in [5, 5.41) is 1.38. The molecule has 0 unspecified atom stereocenters. The van der Waals surface area contributed by atoms with Crippen LogP contribution < -0.4 is 4.90 Å². The molecule has 0 bridgehead atoms. The van der Waals surface area contributed by atoms with Crippen molar-refractivity contribution in [3.63, 3.8) is 0 Å². The third kappa shape index (κ3) is 1.85. The summed E-state index contributed by atoms with van der Waals surface area (Å²) in [6, 6.07) is 5.74. The van der Waals surface area contributed by atoms with E-state index >= 15 is 0 Å². The predicted molar refractivity (Wildman–Crippen MR) is 63.9 cm³/mol. The maximum atomic E-state index is 6.05. The van der Waals surface area contributed by atoms with Crippen molar-refractivity contribution in [2.75, 3.05) is 19.0 Å². The molecule has 2 aromatic rings. The number of rotatable bonds is 1. The number of aromatic nitrogens is 2. The van der Waals surface area contributed by atoms with E-state index in [2.05, 4.69) is 9.97 Å². The van der Waals surface area contributed by atoms with Crippen molar-refractivity contribution in [1.82, 2.24) is 9.97 Å². The number of anilines is 1. The molecule has 0 aliphatic carbocycles. The lowest BCUT2D eigenvalue weighted by Crippen LogP contribution is -2.09. The van der Waals surface area contributed by atoms with Gasteiger partial charge in [0.2, 0.25) is 5.28 Å². The van der Waals surface area contributed by atoms with E-state index in [9.17, 15) is 0 Å². The Bertz CT molecular complexity index is 511. The van der Waals surface area contributed by atoms with Gasteiger partial charge >= 0.3 is 0 Å². The molecule has 5 heteroatoms. The average molecular weight is 242 g/mol. The van der Waals surface area contributed by atoms with E-state index < -0.39 is 0 Å². The molecule has 0 saturated heterocycles. The van der Waals surface area contributed by atoms with Crippen molar-refractivity contribution in [2.24, 2.45) is 0 Å². The normalized spacial score (nSPS) is 10.7. The number of nitrogens with zero attached hydrogens (tertiary/aromatic N) is 3. The smallest absolute Gasteiger partial charge is 0.224 e. The maximum Gasteiger partial charge on any atom is 0.224 e. The van der Waals surface area contributed by atoms with Gasteiger partial charge in [-0.2, -0.15) is 0 Å². The standard InChI is InChI=1S/C10H9Cl2N3/c1-15(2)7-5-3-4-6-8(7)9(11)14-10(12)13-6/h3-5H,1-2H3. The molecule has 1 aromatic heterocycles. The van der Waals surface area contributed by atoms with E-state index in [1.54, 1.807) is 0 Å². The highest BCUT2D eigenvalue weighted by atomic mass is 35.5. The zero-order valence-electron chi connectivity index (χ0n) is 8.33. The lowest BCUT2D eigenvalue weighted by atomic mass is 10.2. The fraction of sp³-hybridized carbons (Fsp3) is 0.200. The molecule has 15 heavy (non-hydrogen) atoms. The second-order valence-corrected chi connectivity index (χ2v) is 4.05. The fourth-order valence-electron chi connectivity index (χ4n) is 1.47. The van der Waals surface area contributed by atoms with Gasteiger partial charge in [0.05, 0.1) is 10.9 Å². The van der Waals surface area contributed by atoms with Gasteiger partial charge in [0.15, 0.2) is 0 Å². The highest BCUT2D eigenvalue weighted by molar-refractivity contribution is 6.36. The largest absolute Gasteiger partial charge is 0.377 e. The summed E-state index contributed by atoms with van der Waals surface area (Å²) in [5.41, 5.74) is 1.74. The lowest BCUT2D eigenvalue weighted by molar-refractivity contribution is 1.13. The third-order valence-electron chi connectivity index (χ3n) is 2.11. The Hall–Kier alpha value is -1.06. The van der Waals surface area contributed by atoms with Crippen molar-refractivity contribution in [1.29, 1.82) is 0 Å². The van der Waals surface area contributed by atoms with Gasteiger partial charge in [-0.3, -0.25) is 0 Å². The van der Waals surface area contributed by atoms with E-state index in [0.717, 1.165) is 16.6 Å². The summed E-state index contributed by atoms with van der Waals surface area (Å²) in [4.78, 5) is 10.0. The van der Waals surface area contributed by atoms with E-state index in [-0.39, 0.29) is 5.28 Å². The molecule has 0 fully saturated rings. The molecule has 0 aliphatic heterocycles. The van der Waals surface area contributed by atoms with Crippen LogP contribution in [-0.2, 0) is 0 Å². The highest BCUT2D eigenvalue weighted by Crippen LogP contribution is 2.30. The van der Waals surface area contributed by atoms with Crippen molar-refractivity contribution in [3.05, 3.63) is 28.6 Å². The second kappa shape index (κ2) is 3.83. The van der Waals surface area contributed by atoms with Crippen molar-refractivity contribution >= 4 is 39.8 Å². The summed E-state index contributed by atoms with van der Waals surface area (Å²) >= 11 is 11.8. The molecule has 3 nitrogen and oxygen atoms in total. The monoisotopic (exact) mass is 241 g/mol. The first-order valence-electron chi connectivity index (χ1n) is 4.38. The van der Waals surface area contributed by atoms with Gasteiger partial charge in [-0.25, -0.2) is 9.97 Å².